The lowest BCUT2D eigenvalue weighted by Gasteiger charge is -2.39. The van der Waals surface area contributed by atoms with Crippen LogP contribution in [0.25, 0.3) is 11.1 Å². The fourth-order valence-corrected chi connectivity index (χ4v) is 4.71. The number of nitrogens with zero attached hydrogens (tertiary/aromatic N) is 3. The number of benzene rings is 2. The lowest BCUT2D eigenvalue weighted by atomic mass is 9.80. The van der Waals surface area contributed by atoms with Gasteiger partial charge in [0, 0.05) is 45.1 Å². The third-order valence-electron chi connectivity index (χ3n) is 7.29. The third kappa shape index (κ3) is 6.09. The van der Waals surface area contributed by atoms with Gasteiger partial charge in [0.1, 0.15) is 6.04 Å². The molecule has 0 saturated carbocycles. The first-order chi connectivity index (χ1) is 18.3. The highest BCUT2D eigenvalue weighted by Gasteiger charge is 2.68. The summed E-state index contributed by atoms with van der Waals surface area (Å²) >= 11 is 0. The van der Waals surface area contributed by atoms with Crippen LogP contribution in [-0.4, -0.2) is 63.9 Å². The molecule has 0 unspecified atom stereocenters. The van der Waals surface area contributed by atoms with Crippen LogP contribution in [0.15, 0.2) is 73.1 Å². The highest BCUT2D eigenvalue weighted by Crippen LogP contribution is 2.51. The Bertz CT molecular complexity index is 1250. The van der Waals surface area contributed by atoms with Gasteiger partial charge in [0.15, 0.2) is 5.41 Å². The van der Waals surface area contributed by atoms with Crippen molar-refractivity contribution >= 4 is 5.97 Å². The zero-order valence-corrected chi connectivity index (χ0v) is 21.0. The van der Waals surface area contributed by atoms with Crippen LogP contribution >= 0.6 is 0 Å². The second-order valence-corrected chi connectivity index (χ2v) is 9.81. The average molecular weight is 552 g/mol. The van der Waals surface area contributed by atoms with E-state index >= 15 is 0 Å². The van der Waals surface area contributed by atoms with Crippen LogP contribution in [0.4, 0.5) is 26.3 Å². The van der Waals surface area contributed by atoms with Crippen molar-refractivity contribution in [3.63, 3.8) is 0 Å². The second-order valence-electron chi connectivity index (χ2n) is 9.81. The standard InChI is InChI=1S/C28H27F6N3O2/c1-26(27(29,30)31,28(32,33)34)23-8-6-22(7-9-23)21-4-2-19(3-5-21)17-37-15-14-36(18-24(37)25(38)39)16-20-10-12-35-13-11-20/h2-13,24H,14-18H2,1H3,(H,38,39)/t24-/m1/s1. The molecule has 1 aliphatic heterocycles. The van der Waals surface area contributed by atoms with Gasteiger partial charge in [0.2, 0.25) is 0 Å². The van der Waals surface area contributed by atoms with Crippen LogP contribution in [0.2, 0.25) is 0 Å². The summed E-state index contributed by atoms with van der Waals surface area (Å²) in [7, 11) is 0. The number of piperazine rings is 1. The number of hydrogen-bond donors (Lipinski definition) is 1. The predicted octanol–water partition coefficient (Wildman–Crippen LogP) is 5.90. The van der Waals surface area contributed by atoms with E-state index in [0.29, 0.717) is 43.9 Å². The van der Waals surface area contributed by atoms with Crippen LogP contribution in [0.3, 0.4) is 0 Å². The van der Waals surface area contributed by atoms with Gasteiger partial charge in [-0.25, -0.2) is 0 Å². The van der Waals surface area contributed by atoms with Crippen molar-refractivity contribution in [2.75, 3.05) is 19.6 Å². The molecule has 4 rings (SSSR count). The fraction of sp³-hybridized carbons (Fsp3) is 0.357. The quantitative estimate of drug-likeness (QED) is 0.371. The molecule has 11 heteroatoms. The number of rotatable bonds is 7. The molecule has 1 saturated heterocycles. The summed E-state index contributed by atoms with van der Waals surface area (Å²) in [5, 5.41) is 9.82. The summed E-state index contributed by atoms with van der Waals surface area (Å²) in [5.74, 6) is -0.921. The van der Waals surface area contributed by atoms with Gasteiger partial charge in [-0.2, -0.15) is 26.3 Å². The zero-order valence-electron chi connectivity index (χ0n) is 21.0. The highest BCUT2D eigenvalue weighted by atomic mass is 19.4. The SMILES string of the molecule is CC(c1ccc(-c2ccc(CN3CCN(Cc4ccncc4)C[C@@H]3C(=O)O)cc2)cc1)(C(F)(F)F)C(F)(F)F. The molecule has 2 aromatic carbocycles. The third-order valence-corrected chi connectivity index (χ3v) is 7.29. The number of alkyl halides is 6. The van der Waals surface area contributed by atoms with Gasteiger partial charge in [-0.1, -0.05) is 48.5 Å². The van der Waals surface area contributed by atoms with Crippen LogP contribution in [0, 0.1) is 0 Å². The first kappa shape index (κ1) is 28.6. The molecular formula is C28H27F6N3O2. The maximum Gasteiger partial charge on any atom is 0.406 e. The van der Waals surface area contributed by atoms with Crippen LogP contribution in [0.5, 0.6) is 0 Å². The molecule has 0 radical (unpaired) electrons. The highest BCUT2D eigenvalue weighted by molar-refractivity contribution is 5.74. The Hall–Kier alpha value is -3.44. The number of carbonyl (C=O) groups is 1. The summed E-state index contributed by atoms with van der Waals surface area (Å²) in [5.41, 5.74) is -1.90. The van der Waals surface area contributed by atoms with E-state index in [1.54, 1.807) is 36.7 Å². The van der Waals surface area contributed by atoms with Crippen LogP contribution < -0.4 is 0 Å². The molecule has 5 nitrogen and oxygen atoms in total. The van der Waals surface area contributed by atoms with Crippen molar-refractivity contribution in [3.8, 4) is 11.1 Å². The molecule has 208 valence electrons. The molecule has 0 amide bonds. The van der Waals surface area contributed by atoms with E-state index in [1.807, 2.05) is 17.0 Å². The molecule has 0 aliphatic carbocycles. The minimum absolute atomic E-state index is 0.139. The summed E-state index contributed by atoms with van der Waals surface area (Å²) in [6.45, 7) is 2.73. The Morgan fingerprint density at radius 3 is 1.85 bits per heavy atom. The second kappa shape index (κ2) is 11.0. The normalized spacial score (nSPS) is 17.8. The van der Waals surface area contributed by atoms with E-state index in [0.717, 1.165) is 23.3 Å². The van der Waals surface area contributed by atoms with Crippen molar-refractivity contribution < 1.29 is 36.2 Å². The minimum Gasteiger partial charge on any atom is -0.480 e. The maximum absolute atomic E-state index is 13.4. The van der Waals surface area contributed by atoms with Crippen molar-refractivity contribution in [1.29, 1.82) is 0 Å². The number of aliphatic carboxylic acids is 1. The molecule has 0 spiro atoms. The molecule has 1 atom stereocenters. The Morgan fingerprint density at radius 2 is 1.33 bits per heavy atom. The van der Waals surface area contributed by atoms with Gasteiger partial charge < -0.3 is 5.11 Å². The number of carboxylic acid groups (broad SMARTS) is 1. The minimum atomic E-state index is -5.51. The molecule has 0 bridgehead atoms. The Balaban J connectivity index is 1.44. The van der Waals surface area contributed by atoms with Crippen molar-refractivity contribution in [3.05, 3.63) is 89.7 Å². The maximum atomic E-state index is 13.4. The fourth-order valence-electron chi connectivity index (χ4n) is 4.71. The number of aromatic nitrogens is 1. The van der Waals surface area contributed by atoms with Gasteiger partial charge in [-0.05, 0) is 46.9 Å². The summed E-state index contributed by atoms with van der Waals surface area (Å²) in [4.78, 5) is 20.0. The monoisotopic (exact) mass is 551 g/mol. The van der Waals surface area contributed by atoms with E-state index in [1.165, 1.54) is 12.1 Å². The van der Waals surface area contributed by atoms with E-state index in [2.05, 4.69) is 9.88 Å². The topological polar surface area (TPSA) is 56.7 Å². The Labute approximate surface area is 221 Å². The van der Waals surface area contributed by atoms with Crippen molar-refractivity contribution in [2.24, 2.45) is 0 Å². The first-order valence-electron chi connectivity index (χ1n) is 12.2. The van der Waals surface area contributed by atoms with E-state index in [4.69, 9.17) is 0 Å². The summed E-state index contributed by atoms with van der Waals surface area (Å²) in [6.07, 6.45) is -7.62. The van der Waals surface area contributed by atoms with Gasteiger partial charge in [0.05, 0.1) is 0 Å². The molecule has 1 fully saturated rings. The zero-order chi connectivity index (χ0) is 28.4. The lowest BCUT2D eigenvalue weighted by molar-refractivity contribution is -0.297. The number of halogens is 6. The van der Waals surface area contributed by atoms with E-state index in [-0.39, 0.29) is 6.92 Å². The van der Waals surface area contributed by atoms with Gasteiger partial charge in [0.25, 0.3) is 0 Å². The summed E-state index contributed by atoms with van der Waals surface area (Å²) < 4.78 is 80.3. The first-order valence-corrected chi connectivity index (χ1v) is 12.2. The van der Waals surface area contributed by atoms with Crippen LogP contribution in [-0.2, 0) is 23.3 Å². The van der Waals surface area contributed by atoms with Crippen LogP contribution in [0.1, 0.15) is 23.6 Å². The molecule has 1 aromatic heterocycles. The summed E-state index contributed by atoms with van der Waals surface area (Å²) in [6, 6.07) is 14.3. The van der Waals surface area contributed by atoms with Gasteiger partial charge in [-0.15, -0.1) is 0 Å². The lowest BCUT2D eigenvalue weighted by Crippen LogP contribution is -2.55. The van der Waals surface area contributed by atoms with Gasteiger partial charge >= 0.3 is 18.3 Å². The largest absolute Gasteiger partial charge is 0.480 e. The molecule has 1 aliphatic rings. The number of pyridine rings is 1. The molecule has 3 aromatic rings. The van der Waals surface area contributed by atoms with Crippen molar-refractivity contribution in [2.45, 2.75) is 43.8 Å². The Morgan fingerprint density at radius 1 is 0.821 bits per heavy atom. The number of carboxylic acids is 1. The Kier molecular flexibility index (Phi) is 8.04. The number of hydrogen-bond acceptors (Lipinski definition) is 4. The smallest absolute Gasteiger partial charge is 0.406 e. The molecule has 2 heterocycles. The predicted molar refractivity (Wildman–Crippen MR) is 133 cm³/mol. The van der Waals surface area contributed by atoms with E-state index < -0.39 is 35.3 Å². The molecular weight excluding hydrogens is 524 g/mol. The van der Waals surface area contributed by atoms with Crippen molar-refractivity contribution in [1.82, 2.24) is 14.8 Å². The van der Waals surface area contributed by atoms with Gasteiger partial charge in [-0.3, -0.25) is 19.6 Å². The molecule has 1 N–H and O–H groups in total. The molecule has 39 heavy (non-hydrogen) atoms. The van der Waals surface area contributed by atoms with E-state index in [9.17, 15) is 36.2 Å². The average Bonchev–Trinajstić information content (AvgIpc) is 2.89.